The predicted octanol–water partition coefficient (Wildman–Crippen LogP) is 19.1. The minimum Gasteiger partial charge on any atom is -0.207 e. The summed E-state index contributed by atoms with van der Waals surface area (Å²) in [5.41, 5.74) is 26.1. The van der Waals surface area contributed by atoms with Gasteiger partial charge in [0.05, 0.1) is 0 Å². The third-order valence-electron chi connectivity index (χ3n) is 16.3. The highest BCUT2D eigenvalue weighted by Crippen LogP contribution is 2.34. The second-order valence-electron chi connectivity index (χ2n) is 22.7. The van der Waals surface area contributed by atoms with E-state index in [1.54, 1.807) is 0 Å². The number of nitrogens with zero attached hydrogens (tertiary/aromatic N) is 4. The fraction of sp³-hybridized carbons (Fsp3) is 0.181. The molecule has 8 aromatic carbocycles. The smallest absolute Gasteiger partial charge is 0.207 e. The van der Waals surface area contributed by atoms with Crippen LogP contribution in [0.1, 0.15) is 80.6 Å². The first-order valence-electron chi connectivity index (χ1n) is 33.4. The Balaban J connectivity index is 0.000000150. The molecule has 0 saturated heterocycles. The van der Waals surface area contributed by atoms with Gasteiger partial charge in [0.1, 0.15) is 34.0 Å². The Kier molecular flexibility index (Phi) is 17.8. The average molecular weight is 1160 g/mol. The summed E-state index contributed by atoms with van der Waals surface area (Å²) in [5.74, 6) is -1.94. The fourth-order valence-electron chi connectivity index (χ4n) is 11.4. The molecule has 0 aliphatic rings. The maximum absolute atomic E-state index is 13.1. The van der Waals surface area contributed by atoms with Gasteiger partial charge in [-0.3, -0.25) is 0 Å². The van der Waals surface area contributed by atoms with Crippen LogP contribution in [0.3, 0.4) is 0 Å². The van der Waals surface area contributed by atoms with Gasteiger partial charge in [0, 0.05) is 78.4 Å². The van der Waals surface area contributed by atoms with Crippen LogP contribution in [-0.4, -0.2) is 0 Å². The molecule has 0 spiro atoms. The molecule has 0 radical (unpaired) electrons. The van der Waals surface area contributed by atoms with E-state index in [9.17, 15) is 4.39 Å². The Hall–Kier alpha value is -9.71. The summed E-state index contributed by atoms with van der Waals surface area (Å²) in [7, 11) is 8.13. The molecule has 0 bridgehead atoms. The molecule has 0 aliphatic heterocycles. The molecule has 1 unspecified atom stereocenters. The number of rotatable bonds is 10. The van der Waals surface area contributed by atoms with Gasteiger partial charge in [0.2, 0.25) is 22.8 Å². The number of hydrogen-bond acceptors (Lipinski definition) is 0. The standard InChI is InChI=1S/C22H24N.C21H22N.C20H19FN.C20H20N/c1-16(2)20-14-22(19-13-9-8-10-17(19)3)23(4)15-21(20)18-11-6-5-7-12-18;1-4-17-14-21(19-13-9-8-10-16(19)2)22(3)15-20(17)18-11-6-5-7-12-18;1-14-6-4-5-7-18(14)20-12-15(2)19(13-22(20)3)16-8-10-17(21)11-9-16;1-15-9-7-8-12-18(15)20-13-16(2)19(14-21(20)3)17-10-5-4-6-11-17/h5-16H,1-4H3;5-15H,4H2,1-3H3;4-13H,1-3H3;4-14H,1-3H3/q4*+1/i1D3,16D;1D3;;. The van der Waals surface area contributed by atoms with Crippen LogP contribution in [0.15, 0.2) is 261 Å². The Morgan fingerprint density at radius 1 is 0.341 bits per heavy atom. The van der Waals surface area contributed by atoms with Crippen molar-refractivity contribution in [3.05, 3.63) is 312 Å². The lowest BCUT2D eigenvalue weighted by Crippen LogP contribution is -2.31. The van der Waals surface area contributed by atoms with Crippen LogP contribution >= 0.6 is 0 Å². The van der Waals surface area contributed by atoms with E-state index < -0.39 is 19.6 Å². The highest BCUT2D eigenvalue weighted by Gasteiger charge is 2.22. The summed E-state index contributed by atoms with van der Waals surface area (Å²) in [5, 5.41) is 0. The SMILES string of the molecule is Cc1cc(-c2ccccc2C)[n+](C)cc1-c1ccc(F)cc1.Cc1cc(-c2ccccc2C)[n+](C)cc1-c1ccccc1.[2H]C([2H])([2H])C([2H])(C)c1cc(-c2ccccc2C)[n+](C)cc1-c1ccccc1.[2H]C([2H])([2H])Cc1cc(-c2ccccc2C)[n+](C)cc1-c1ccccc1. The summed E-state index contributed by atoms with van der Waals surface area (Å²) < 4.78 is 77.3. The van der Waals surface area contributed by atoms with E-state index in [1.165, 1.54) is 80.5 Å². The molecule has 12 aromatic rings. The lowest BCUT2D eigenvalue weighted by Gasteiger charge is -2.14. The van der Waals surface area contributed by atoms with E-state index in [0.717, 1.165) is 67.0 Å². The average Bonchev–Trinajstić information content (AvgIpc) is 0.764. The summed E-state index contributed by atoms with van der Waals surface area (Å²) in [6.45, 7) is 9.70. The normalized spacial score (nSPS) is 12.9. The van der Waals surface area contributed by atoms with Crippen LogP contribution in [0.5, 0.6) is 0 Å². The van der Waals surface area contributed by atoms with Crippen molar-refractivity contribution in [2.75, 3.05) is 0 Å². The first-order chi connectivity index (χ1) is 45.2. The molecular weight excluding hydrogens is 1070 g/mol. The van der Waals surface area contributed by atoms with Crippen LogP contribution in [0.4, 0.5) is 4.39 Å². The zero-order valence-electron chi connectivity index (χ0n) is 59.7. The van der Waals surface area contributed by atoms with Gasteiger partial charge in [-0.25, -0.2) is 22.7 Å². The van der Waals surface area contributed by atoms with Crippen molar-refractivity contribution < 1.29 is 32.3 Å². The zero-order chi connectivity index (χ0) is 68.4. The van der Waals surface area contributed by atoms with Gasteiger partial charge in [-0.1, -0.05) is 197 Å². The topological polar surface area (TPSA) is 15.5 Å². The van der Waals surface area contributed by atoms with Crippen LogP contribution < -0.4 is 18.3 Å². The molecule has 0 N–H and O–H groups in total. The monoisotopic (exact) mass is 1160 g/mol. The van der Waals surface area contributed by atoms with Gasteiger partial charge < -0.3 is 0 Å². The van der Waals surface area contributed by atoms with Crippen molar-refractivity contribution >= 4 is 0 Å². The highest BCUT2D eigenvalue weighted by atomic mass is 19.1. The number of aromatic nitrogens is 4. The van der Waals surface area contributed by atoms with Gasteiger partial charge in [-0.2, -0.15) is 0 Å². The summed E-state index contributed by atoms with van der Waals surface area (Å²) in [6, 6.07) is 78.3. The molecule has 440 valence electrons. The predicted molar refractivity (Wildman–Crippen MR) is 366 cm³/mol. The van der Waals surface area contributed by atoms with Crippen LogP contribution in [0.25, 0.3) is 89.5 Å². The molecule has 4 nitrogen and oxygen atoms in total. The highest BCUT2D eigenvalue weighted by molar-refractivity contribution is 5.74. The molecule has 0 amide bonds. The van der Waals surface area contributed by atoms with E-state index >= 15 is 0 Å². The Morgan fingerprint density at radius 3 is 1.02 bits per heavy atom. The minimum atomic E-state index is -2.44. The molecule has 0 saturated carbocycles. The third kappa shape index (κ3) is 14.9. The van der Waals surface area contributed by atoms with Crippen LogP contribution in [-0.2, 0) is 34.6 Å². The molecular formula is C83H85FN4+4. The van der Waals surface area contributed by atoms with E-state index in [0.29, 0.717) is 5.56 Å². The summed E-state index contributed by atoms with van der Waals surface area (Å²) in [4.78, 5) is 0. The number of aryl methyl sites for hydroxylation is 11. The summed E-state index contributed by atoms with van der Waals surface area (Å²) >= 11 is 0. The molecule has 4 heterocycles. The molecule has 12 rings (SSSR count). The Morgan fingerprint density at radius 2 is 0.648 bits per heavy atom. The molecule has 1 atom stereocenters. The quantitative estimate of drug-likeness (QED) is 0.121. The minimum absolute atomic E-state index is 0.0525. The van der Waals surface area contributed by atoms with Crippen molar-refractivity contribution in [2.45, 2.75) is 74.5 Å². The van der Waals surface area contributed by atoms with Crippen molar-refractivity contribution in [3.63, 3.8) is 0 Å². The van der Waals surface area contributed by atoms with Crippen molar-refractivity contribution in [3.8, 4) is 89.5 Å². The maximum atomic E-state index is 13.1. The number of halogens is 1. The second-order valence-corrected chi connectivity index (χ2v) is 22.7. The number of benzene rings is 8. The first-order valence-corrected chi connectivity index (χ1v) is 29.9. The van der Waals surface area contributed by atoms with Crippen LogP contribution in [0, 0.1) is 47.4 Å². The number of pyridine rings is 4. The lowest BCUT2D eigenvalue weighted by atomic mass is 9.92. The van der Waals surface area contributed by atoms with Gasteiger partial charge >= 0.3 is 0 Å². The molecule has 0 fully saturated rings. The van der Waals surface area contributed by atoms with Crippen molar-refractivity contribution in [2.24, 2.45) is 28.2 Å². The fourth-order valence-corrected chi connectivity index (χ4v) is 11.4. The number of hydrogen-bond donors (Lipinski definition) is 0. The first kappa shape index (κ1) is 53.7. The van der Waals surface area contributed by atoms with E-state index in [4.69, 9.17) is 9.60 Å². The molecule has 88 heavy (non-hydrogen) atoms. The molecule has 5 heteroatoms. The summed E-state index contributed by atoms with van der Waals surface area (Å²) in [6.07, 6.45) is 8.37. The van der Waals surface area contributed by atoms with Gasteiger partial charge in [-0.05, 0) is 157 Å². The van der Waals surface area contributed by atoms with Crippen molar-refractivity contribution in [1.29, 1.82) is 0 Å². The molecule has 0 aliphatic carbocycles. The van der Waals surface area contributed by atoms with E-state index in [-0.39, 0.29) is 12.2 Å². The van der Waals surface area contributed by atoms with Crippen LogP contribution in [0.2, 0.25) is 0 Å². The molecule has 4 aromatic heterocycles. The van der Waals surface area contributed by atoms with E-state index in [2.05, 4.69) is 171 Å². The Bertz CT molecular complexity index is 4620. The van der Waals surface area contributed by atoms with Gasteiger partial charge in [0.25, 0.3) is 0 Å². The second kappa shape index (κ2) is 29.1. The zero-order valence-corrected chi connectivity index (χ0v) is 52.7. The lowest BCUT2D eigenvalue weighted by molar-refractivity contribution is -0.660. The van der Waals surface area contributed by atoms with Gasteiger partial charge in [-0.15, -0.1) is 0 Å². The third-order valence-corrected chi connectivity index (χ3v) is 16.3. The van der Waals surface area contributed by atoms with E-state index in [1.807, 2.05) is 166 Å². The Labute approximate surface area is 533 Å². The van der Waals surface area contributed by atoms with Gasteiger partial charge in [0.15, 0.2) is 24.8 Å². The van der Waals surface area contributed by atoms with Crippen molar-refractivity contribution in [1.82, 2.24) is 0 Å². The largest absolute Gasteiger partial charge is 0.212 e. The maximum Gasteiger partial charge on any atom is 0.212 e.